The maximum Gasteiger partial charge on any atom is 0.251 e. The molecule has 22 heavy (non-hydrogen) atoms. The summed E-state index contributed by atoms with van der Waals surface area (Å²) >= 11 is 0. The largest absolute Gasteiger partial charge is 0.543 e. The van der Waals surface area contributed by atoms with Gasteiger partial charge in [0.2, 0.25) is 0 Å². The van der Waals surface area contributed by atoms with E-state index >= 15 is 0 Å². The van der Waals surface area contributed by atoms with E-state index < -0.39 is 8.32 Å². The summed E-state index contributed by atoms with van der Waals surface area (Å²) in [5.74, 6) is 1.13. The topological polar surface area (TPSA) is 9.23 Å². The van der Waals surface area contributed by atoms with Crippen LogP contribution in [0.5, 0.6) is 5.75 Å². The van der Waals surface area contributed by atoms with Gasteiger partial charge < -0.3 is 4.43 Å². The first-order valence-electron chi connectivity index (χ1n) is 9.32. The standard InChI is InChI=1S/C20H36OSi/c1-6-9-12-22(13-10-7-2,14-11-8-3)21-20-16-18(4)15-19(5)17-20/h15-17H,6-14H2,1-5H3. The molecule has 0 aromatic heterocycles. The highest BCUT2D eigenvalue weighted by Crippen LogP contribution is 2.32. The van der Waals surface area contributed by atoms with E-state index in [9.17, 15) is 0 Å². The van der Waals surface area contributed by atoms with E-state index in [1.807, 2.05) is 0 Å². The molecular weight excluding hydrogens is 284 g/mol. The molecule has 1 aromatic carbocycles. The molecule has 0 unspecified atom stereocenters. The van der Waals surface area contributed by atoms with Crippen LogP contribution < -0.4 is 4.43 Å². The van der Waals surface area contributed by atoms with Crippen LogP contribution in [0.1, 0.15) is 70.4 Å². The molecule has 126 valence electrons. The average Bonchev–Trinajstić information content (AvgIpc) is 2.47. The van der Waals surface area contributed by atoms with Gasteiger partial charge in [-0.1, -0.05) is 65.4 Å². The lowest BCUT2D eigenvalue weighted by Gasteiger charge is -2.33. The fraction of sp³-hybridized carbons (Fsp3) is 0.700. The minimum Gasteiger partial charge on any atom is -0.543 e. The number of rotatable bonds is 11. The summed E-state index contributed by atoms with van der Waals surface area (Å²) in [5, 5.41) is 0. The molecule has 0 amide bonds. The molecule has 1 aromatic rings. The van der Waals surface area contributed by atoms with Gasteiger partial charge in [-0.3, -0.25) is 0 Å². The Balaban J connectivity index is 2.97. The fourth-order valence-corrected chi connectivity index (χ4v) is 7.93. The lowest BCUT2D eigenvalue weighted by Crippen LogP contribution is -2.41. The molecule has 0 saturated carbocycles. The summed E-state index contributed by atoms with van der Waals surface area (Å²) in [4.78, 5) is 0. The summed E-state index contributed by atoms with van der Waals surface area (Å²) in [5.41, 5.74) is 2.64. The Bertz CT molecular complexity index is 386. The Hall–Kier alpha value is -0.763. The number of benzene rings is 1. The molecule has 0 radical (unpaired) electrons. The molecule has 0 aliphatic rings. The number of hydrogen-bond acceptors (Lipinski definition) is 1. The molecule has 0 fully saturated rings. The monoisotopic (exact) mass is 320 g/mol. The van der Waals surface area contributed by atoms with Crippen molar-refractivity contribution >= 4 is 8.32 Å². The molecular formula is C20H36OSi. The van der Waals surface area contributed by atoms with Crippen molar-refractivity contribution < 1.29 is 4.43 Å². The van der Waals surface area contributed by atoms with E-state index in [2.05, 4.69) is 52.8 Å². The predicted molar refractivity (Wildman–Crippen MR) is 101 cm³/mol. The van der Waals surface area contributed by atoms with Gasteiger partial charge in [0.05, 0.1) is 0 Å². The summed E-state index contributed by atoms with van der Waals surface area (Å²) in [6, 6.07) is 10.7. The van der Waals surface area contributed by atoms with Crippen molar-refractivity contribution in [3.05, 3.63) is 29.3 Å². The second-order valence-electron chi connectivity index (χ2n) is 6.92. The fourth-order valence-electron chi connectivity index (χ4n) is 3.27. The van der Waals surface area contributed by atoms with Gasteiger partial charge in [-0.2, -0.15) is 0 Å². The Labute approximate surface area is 139 Å². The van der Waals surface area contributed by atoms with Crippen LogP contribution >= 0.6 is 0 Å². The molecule has 0 spiro atoms. The van der Waals surface area contributed by atoms with E-state index in [0.717, 1.165) is 5.75 Å². The van der Waals surface area contributed by atoms with Gasteiger partial charge in [0.1, 0.15) is 5.75 Å². The van der Waals surface area contributed by atoms with Crippen LogP contribution in [0.25, 0.3) is 0 Å². The van der Waals surface area contributed by atoms with Crippen LogP contribution in [0, 0.1) is 13.8 Å². The molecule has 0 aliphatic heterocycles. The van der Waals surface area contributed by atoms with Crippen molar-refractivity contribution in [2.75, 3.05) is 0 Å². The maximum atomic E-state index is 6.81. The predicted octanol–water partition coefficient (Wildman–Crippen LogP) is 7.03. The number of aryl methyl sites for hydroxylation is 2. The molecule has 0 heterocycles. The Morgan fingerprint density at radius 2 is 1.14 bits per heavy atom. The zero-order chi connectivity index (χ0) is 16.4. The summed E-state index contributed by atoms with van der Waals surface area (Å²) in [6.45, 7) is 11.3. The number of unbranched alkanes of at least 4 members (excludes halogenated alkanes) is 3. The Kier molecular flexibility index (Phi) is 8.85. The zero-order valence-corrected chi connectivity index (χ0v) is 16.5. The first-order valence-corrected chi connectivity index (χ1v) is 11.9. The van der Waals surface area contributed by atoms with Crippen LogP contribution in [-0.2, 0) is 0 Å². The van der Waals surface area contributed by atoms with Gasteiger partial charge in [-0.25, -0.2) is 0 Å². The third-order valence-electron chi connectivity index (χ3n) is 4.49. The first-order chi connectivity index (χ1) is 10.5. The van der Waals surface area contributed by atoms with Gasteiger partial charge in [-0.05, 0) is 55.2 Å². The molecule has 1 nitrogen and oxygen atoms in total. The summed E-state index contributed by atoms with van der Waals surface area (Å²) in [7, 11) is -1.65. The second kappa shape index (κ2) is 10.1. The summed E-state index contributed by atoms with van der Waals surface area (Å²) in [6.07, 6.45) is 7.81. The van der Waals surface area contributed by atoms with E-state index in [-0.39, 0.29) is 0 Å². The maximum absolute atomic E-state index is 6.81. The van der Waals surface area contributed by atoms with Gasteiger partial charge in [0.15, 0.2) is 0 Å². The lowest BCUT2D eigenvalue weighted by atomic mass is 10.1. The quantitative estimate of drug-likeness (QED) is 0.398. The highest BCUT2D eigenvalue weighted by molar-refractivity contribution is 6.74. The van der Waals surface area contributed by atoms with E-state index in [1.54, 1.807) is 0 Å². The van der Waals surface area contributed by atoms with Gasteiger partial charge >= 0.3 is 0 Å². The third-order valence-corrected chi connectivity index (χ3v) is 8.95. The van der Waals surface area contributed by atoms with Gasteiger partial charge in [0, 0.05) is 0 Å². The van der Waals surface area contributed by atoms with E-state index in [4.69, 9.17) is 4.43 Å². The molecule has 0 aliphatic carbocycles. The van der Waals surface area contributed by atoms with E-state index in [0.29, 0.717) is 0 Å². The first kappa shape index (κ1) is 19.3. The van der Waals surface area contributed by atoms with Crippen LogP contribution in [0.3, 0.4) is 0 Å². The zero-order valence-electron chi connectivity index (χ0n) is 15.5. The van der Waals surface area contributed by atoms with Gasteiger partial charge in [0.25, 0.3) is 8.32 Å². The Morgan fingerprint density at radius 1 is 0.727 bits per heavy atom. The smallest absolute Gasteiger partial charge is 0.251 e. The average molecular weight is 321 g/mol. The van der Waals surface area contributed by atoms with Crippen molar-refractivity contribution in [3.8, 4) is 5.75 Å². The highest BCUT2D eigenvalue weighted by Gasteiger charge is 2.35. The van der Waals surface area contributed by atoms with Crippen molar-refractivity contribution in [2.45, 2.75) is 91.3 Å². The van der Waals surface area contributed by atoms with Gasteiger partial charge in [-0.15, -0.1) is 0 Å². The van der Waals surface area contributed by atoms with Crippen LogP contribution in [0.4, 0.5) is 0 Å². The molecule has 0 N–H and O–H groups in total. The molecule has 2 heteroatoms. The van der Waals surface area contributed by atoms with Crippen molar-refractivity contribution in [2.24, 2.45) is 0 Å². The SMILES string of the molecule is CCCC[Si](CCCC)(CCCC)Oc1cc(C)cc(C)c1. The van der Waals surface area contributed by atoms with Crippen LogP contribution in [0.15, 0.2) is 18.2 Å². The molecule has 0 atom stereocenters. The van der Waals surface area contributed by atoms with E-state index in [1.165, 1.54) is 67.8 Å². The third kappa shape index (κ3) is 6.56. The molecule has 0 saturated heterocycles. The van der Waals surface area contributed by atoms with Crippen molar-refractivity contribution in [1.82, 2.24) is 0 Å². The van der Waals surface area contributed by atoms with Crippen molar-refractivity contribution in [3.63, 3.8) is 0 Å². The van der Waals surface area contributed by atoms with Crippen LogP contribution in [-0.4, -0.2) is 8.32 Å². The number of hydrogen-bond donors (Lipinski definition) is 0. The minimum atomic E-state index is -1.65. The highest BCUT2D eigenvalue weighted by atomic mass is 28.4. The molecule has 1 rings (SSSR count). The Morgan fingerprint density at radius 3 is 1.50 bits per heavy atom. The second-order valence-corrected chi connectivity index (χ2v) is 11.0. The van der Waals surface area contributed by atoms with Crippen molar-refractivity contribution in [1.29, 1.82) is 0 Å². The normalized spacial score (nSPS) is 11.7. The molecule has 0 bridgehead atoms. The minimum absolute atomic E-state index is 1.13. The van der Waals surface area contributed by atoms with Crippen LogP contribution in [0.2, 0.25) is 18.1 Å². The summed E-state index contributed by atoms with van der Waals surface area (Å²) < 4.78 is 6.81. The lowest BCUT2D eigenvalue weighted by molar-refractivity contribution is 0.510.